The van der Waals surface area contributed by atoms with E-state index >= 15 is 0 Å². The number of thiophene rings is 1. The first-order chi connectivity index (χ1) is 51.4. The van der Waals surface area contributed by atoms with Crippen LogP contribution in [0.2, 0.25) is 0 Å². The number of carboxylic acid groups (broad SMARTS) is 1. The molecule has 110 heavy (non-hydrogen) atoms. The average molecular weight is 1960 g/mol. The Balaban J connectivity index is 0.000000282. The molecule has 0 bridgehead atoms. The maximum atomic E-state index is 13.2. The van der Waals surface area contributed by atoms with Gasteiger partial charge in [0.15, 0.2) is 0 Å². The van der Waals surface area contributed by atoms with Crippen LogP contribution in [0.3, 0.4) is 0 Å². The zero-order valence-electron chi connectivity index (χ0n) is 59.1. The Labute approximate surface area is 703 Å². The maximum absolute atomic E-state index is 13.2. The van der Waals surface area contributed by atoms with Crippen molar-refractivity contribution in [2.24, 2.45) is 0 Å². The van der Waals surface area contributed by atoms with E-state index in [1.165, 1.54) is 44.6 Å². The Kier molecular flexibility index (Phi) is 44.7. The third-order valence-electron chi connectivity index (χ3n) is 15.1. The number of aromatic carboxylic acids is 1. The molecule has 8 aromatic carbocycles. The minimum atomic E-state index is -0.990. The third-order valence-corrected chi connectivity index (χ3v) is 21.1. The van der Waals surface area contributed by atoms with Crippen molar-refractivity contribution in [2.45, 2.75) is 39.9 Å². The van der Waals surface area contributed by atoms with Gasteiger partial charge in [-0.05, 0) is 163 Å². The Bertz CT molecular complexity index is 4650. The summed E-state index contributed by atoms with van der Waals surface area (Å²) in [4.78, 5) is 36.2. The van der Waals surface area contributed by atoms with Crippen LogP contribution in [-0.4, -0.2) is 63.4 Å². The molecule has 2 radical (unpaired) electrons. The van der Waals surface area contributed by atoms with Gasteiger partial charge in [0.2, 0.25) is 0 Å². The molecule has 0 saturated heterocycles. The van der Waals surface area contributed by atoms with Crippen LogP contribution in [-0.2, 0) is 79.2 Å². The molecule has 0 aliphatic rings. The van der Waals surface area contributed by atoms with Gasteiger partial charge in [-0.1, -0.05) is 200 Å². The van der Waals surface area contributed by atoms with Crippen LogP contribution in [0, 0.1) is 29.8 Å². The fraction of sp³-hybridized carbons (Fsp3) is 0.0659. The van der Waals surface area contributed by atoms with Crippen molar-refractivity contribution < 1.29 is 108 Å². The maximum Gasteiger partial charge on any atom is 0.354 e. The zero-order valence-corrected chi connectivity index (χ0v) is 69.3. The van der Waals surface area contributed by atoms with Crippen molar-refractivity contribution in [1.29, 1.82) is 0 Å². The Hall–Kier alpha value is -9.24. The summed E-state index contributed by atoms with van der Waals surface area (Å²) < 4.78 is 25.8. The molecule has 15 aromatic rings. The second-order valence-corrected chi connectivity index (χ2v) is 28.6. The first kappa shape index (κ1) is 93.1. The summed E-state index contributed by atoms with van der Waals surface area (Å²) in [7, 11) is -1.93. The molecular weight excluding hydrogens is 1880 g/mol. The molecule has 0 aliphatic heterocycles. The van der Waals surface area contributed by atoms with Gasteiger partial charge in [-0.2, -0.15) is 12.1 Å². The summed E-state index contributed by atoms with van der Waals surface area (Å²) in [5.41, 5.74) is 10.2. The van der Waals surface area contributed by atoms with Gasteiger partial charge in [-0.3, -0.25) is 18.7 Å². The number of carboxylic acids is 1. The van der Waals surface area contributed by atoms with Crippen LogP contribution in [0.15, 0.2) is 376 Å². The van der Waals surface area contributed by atoms with E-state index in [2.05, 4.69) is 217 Å². The normalized spacial score (nSPS) is 10.4. The predicted molar refractivity (Wildman–Crippen MR) is 438 cm³/mol. The molecule has 0 saturated carbocycles. The van der Waals surface area contributed by atoms with Crippen LogP contribution >= 0.6 is 27.2 Å². The molecule has 19 heteroatoms. The molecule has 10 nitrogen and oxygen atoms in total. The van der Waals surface area contributed by atoms with Crippen molar-refractivity contribution in [3.63, 3.8) is 0 Å². The van der Waals surface area contributed by atoms with E-state index in [4.69, 9.17) is 15.3 Å². The summed E-state index contributed by atoms with van der Waals surface area (Å²) in [6.45, 7) is 3.32. The first-order valence-corrected chi connectivity index (χ1v) is 37.7. The standard InChI is InChI=1S/C26H22P2.C22H16N2.C11H6F2N.C11H8N.C9H6NS.C6H5NO2.C5H12O2.CH4.Os.Pd.2Rh/c1-5-13-23(14-6-1)27(24-15-7-2-8-16-24)21-22-28(25-17-9-3-10-18-25)26-19-11-4-12-20-26;1-3-7-17(8-4-1)19-11-13-23-21(15-19)22-16-20(12-14-24-22)18-9-5-2-6-10-18;12-8-4-5-9(10(13)7-8)11-3-1-2-6-14-11;1-2-6-10(7-3-1)11-8-4-5-9-12-11;1-2-6-10-8(4-1)9-5-3-7-11-9;8-6(9)5-3-1-2-4-7-5;1-4(6)3-5(2)7;;;;;/h1-22H;1-16H;1-4,6-7H;1-6,8-9H;1-4,6-7H;1-4H,(H,8,9);4-7H,3H2,1-2H3;1H4;;;;/q;;3*-1;;;;;;;/p+2. The van der Waals surface area contributed by atoms with E-state index < -0.39 is 33.4 Å². The number of aliphatic hydroxyl groups is 2. The van der Waals surface area contributed by atoms with Gasteiger partial charge in [0.1, 0.15) is 38.5 Å². The molecular formula is C91H81F2N6O4OsP2PdRh2S-. The second-order valence-electron chi connectivity index (χ2n) is 23.0. The summed E-state index contributed by atoms with van der Waals surface area (Å²) in [6.07, 6.45) is 9.98. The molecule has 0 amide bonds. The van der Waals surface area contributed by atoms with Crippen molar-refractivity contribution in [2.75, 3.05) is 0 Å². The molecule has 7 heterocycles. The van der Waals surface area contributed by atoms with E-state index in [0.29, 0.717) is 12.1 Å². The number of aliphatic hydroxyl groups excluding tert-OH is 2. The fourth-order valence-corrected chi connectivity index (χ4v) is 15.8. The van der Waals surface area contributed by atoms with Gasteiger partial charge >= 0.3 is 5.97 Å². The minimum Gasteiger partial charge on any atom is -0.477 e. The van der Waals surface area contributed by atoms with Gasteiger partial charge in [0.05, 0.1) is 39.4 Å². The van der Waals surface area contributed by atoms with Crippen molar-refractivity contribution in [3.8, 4) is 66.7 Å². The number of benzene rings is 8. The smallest absolute Gasteiger partial charge is 0.354 e. The number of carbonyl (C=O) groups is 1. The zero-order chi connectivity index (χ0) is 73.5. The summed E-state index contributed by atoms with van der Waals surface area (Å²) in [6, 6.07) is 115. The van der Waals surface area contributed by atoms with Gasteiger partial charge in [0.25, 0.3) is 0 Å². The quantitative estimate of drug-likeness (QED) is 0.0513. The Morgan fingerprint density at radius 3 is 1.15 bits per heavy atom. The number of aromatic nitrogens is 6. The van der Waals surface area contributed by atoms with Gasteiger partial charge in [-0.15, -0.1) is 53.4 Å². The molecule has 7 aromatic heterocycles. The number of hydrogen-bond acceptors (Lipinski definition) is 10. The number of halogens is 2. The van der Waals surface area contributed by atoms with Crippen molar-refractivity contribution in [1.82, 2.24) is 29.9 Å². The van der Waals surface area contributed by atoms with Gasteiger partial charge < -0.3 is 30.3 Å². The van der Waals surface area contributed by atoms with E-state index in [9.17, 15) is 13.6 Å². The molecule has 0 fully saturated rings. The van der Waals surface area contributed by atoms with E-state index in [0.717, 1.165) is 56.5 Å². The van der Waals surface area contributed by atoms with Gasteiger partial charge in [0, 0.05) is 128 Å². The fourth-order valence-electron chi connectivity index (χ4n) is 10.2. The average Bonchev–Trinajstić information content (AvgIpc) is 0.895. The minimum absolute atomic E-state index is 0. The van der Waals surface area contributed by atoms with Crippen molar-refractivity contribution >= 4 is 54.4 Å². The summed E-state index contributed by atoms with van der Waals surface area (Å²) >= 11 is 1.66. The molecule has 0 aliphatic carbocycles. The number of rotatable bonds is 15. The topological polar surface area (TPSA) is 155 Å². The van der Waals surface area contributed by atoms with Crippen LogP contribution in [0.1, 0.15) is 38.2 Å². The molecule has 15 rings (SSSR count). The molecule has 2 unspecified atom stereocenters. The number of nitrogens with zero attached hydrogens (tertiary/aromatic N) is 6. The number of hydrogen-bond donors (Lipinski definition) is 3. The van der Waals surface area contributed by atoms with E-state index in [-0.39, 0.29) is 110 Å². The van der Waals surface area contributed by atoms with Crippen LogP contribution in [0.25, 0.3) is 66.7 Å². The predicted octanol–water partition coefficient (Wildman–Crippen LogP) is 20.2. The Morgan fingerprint density at radius 1 is 0.427 bits per heavy atom. The largest absolute Gasteiger partial charge is 0.477 e. The van der Waals surface area contributed by atoms with Crippen LogP contribution in [0.5, 0.6) is 0 Å². The van der Waals surface area contributed by atoms with Gasteiger partial charge in [-0.25, -0.2) is 21.1 Å². The first-order valence-electron chi connectivity index (χ1n) is 33.7. The van der Waals surface area contributed by atoms with Crippen molar-refractivity contribution in [3.05, 3.63) is 411 Å². The molecule has 0 spiro atoms. The third kappa shape index (κ3) is 32.0. The molecule has 3 N–H and O–H groups in total. The molecule has 566 valence electrons. The number of pyridine rings is 6. The summed E-state index contributed by atoms with van der Waals surface area (Å²) in [5, 5.41) is 33.2. The van der Waals surface area contributed by atoms with E-state index in [1.54, 1.807) is 74.1 Å². The SMILES string of the molecule is C.C(=C[PH+](c1ccccc1)c1ccccc1)[PH+](c1ccccc1)c1ccccc1.CC(O)CC(C)O.Fc1c[c-]c(-c2ccccn2)c(F)c1.O=C(O)c1ccccn1.[Os].[Pd].[Rh].[Rh].[c-]1ccccc1-c1ccccn1.[c-]1ccsc1-c1ccccn1.c1ccc(-c2ccnc(-c3cc(-c4ccccc4)ccn3)c2)cc1. The Morgan fingerprint density at radius 2 is 0.809 bits per heavy atom. The molecule has 2 atom stereocenters. The summed E-state index contributed by atoms with van der Waals surface area (Å²) in [5.74, 6) is 2.73. The van der Waals surface area contributed by atoms with Crippen LogP contribution < -0.4 is 21.2 Å². The van der Waals surface area contributed by atoms with E-state index in [1.807, 2.05) is 133 Å². The monoisotopic (exact) mass is 1960 g/mol. The second kappa shape index (κ2) is 52.8. The van der Waals surface area contributed by atoms with Crippen LogP contribution in [0.4, 0.5) is 8.78 Å².